The predicted molar refractivity (Wildman–Crippen MR) is 116 cm³/mol. The molecule has 0 aliphatic heterocycles. The Kier molecular flexibility index (Phi) is 3.79. The van der Waals surface area contributed by atoms with Crippen LogP contribution in [0.1, 0.15) is 71.8 Å². The minimum atomic E-state index is -0.350. The van der Waals surface area contributed by atoms with Crippen molar-refractivity contribution in [1.82, 2.24) is 0 Å². The van der Waals surface area contributed by atoms with E-state index in [4.69, 9.17) is 0 Å². The molecule has 4 atom stereocenters. The SMILES string of the molecule is Cc1cccc(=CC23CCC(CC2=O)C3(C)C)c1=CC12CCC(CC1=O)C2(C)C. The molecule has 4 bridgehead atoms. The first kappa shape index (κ1) is 19.3. The van der Waals surface area contributed by atoms with Crippen molar-refractivity contribution in [2.24, 2.45) is 33.5 Å². The van der Waals surface area contributed by atoms with Crippen LogP contribution < -0.4 is 10.4 Å². The Morgan fingerprint density at radius 3 is 1.79 bits per heavy atom. The van der Waals surface area contributed by atoms with E-state index >= 15 is 0 Å². The molecule has 0 spiro atoms. The monoisotopic (exact) mass is 390 g/mol. The summed E-state index contributed by atoms with van der Waals surface area (Å²) in [6.07, 6.45) is 10.3. The van der Waals surface area contributed by atoms with Crippen molar-refractivity contribution in [2.45, 2.75) is 73.1 Å². The number of aryl methyl sites for hydroxylation is 1. The van der Waals surface area contributed by atoms with Crippen molar-refractivity contribution in [3.8, 4) is 0 Å². The Morgan fingerprint density at radius 2 is 1.34 bits per heavy atom. The third-order valence-corrected chi connectivity index (χ3v) is 10.1. The van der Waals surface area contributed by atoms with E-state index in [1.807, 2.05) is 0 Å². The lowest BCUT2D eigenvalue weighted by Gasteiger charge is -2.35. The van der Waals surface area contributed by atoms with Gasteiger partial charge in [0.1, 0.15) is 11.6 Å². The van der Waals surface area contributed by atoms with E-state index in [9.17, 15) is 9.59 Å². The Balaban J connectivity index is 1.76. The zero-order valence-corrected chi connectivity index (χ0v) is 18.6. The average molecular weight is 391 g/mol. The standard InChI is InChI=1S/C27H34O2/c1-17-7-6-8-18(15-26-11-9-19(13-22(26)28)24(26,2)3)21(17)16-27-12-10-20(14-23(27)29)25(27,4)5/h6-8,15-16,19-20H,9-14H2,1-5H3. The number of rotatable bonds is 2. The first-order valence-electron chi connectivity index (χ1n) is 11.4. The number of ketones is 2. The maximum atomic E-state index is 13.1. The van der Waals surface area contributed by atoms with E-state index in [1.165, 1.54) is 10.8 Å². The quantitative estimate of drug-likeness (QED) is 0.752. The van der Waals surface area contributed by atoms with Crippen molar-refractivity contribution < 1.29 is 9.59 Å². The van der Waals surface area contributed by atoms with Gasteiger partial charge in [-0.3, -0.25) is 9.59 Å². The topological polar surface area (TPSA) is 34.1 Å². The Morgan fingerprint density at radius 1 is 0.828 bits per heavy atom. The van der Waals surface area contributed by atoms with Gasteiger partial charge in [0.25, 0.3) is 0 Å². The van der Waals surface area contributed by atoms with E-state index in [-0.39, 0.29) is 21.7 Å². The van der Waals surface area contributed by atoms with E-state index < -0.39 is 0 Å². The summed E-state index contributed by atoms with van der Waals surface area (Å²) in [5, 5.41) is 2.34. The molecule has 0 radical (unpaired) electrons. The molecular weight excluding hydrogens is 356 g/mol. The van der Waals surface area contributed by atoms with E-state index in [1.54, 1.807) is 0 Å². The van der Waals surface area contributed by atoms with Crippen LogP contribution in [0, 0.1) is 40.4 Å². The fraction of sp³-hybridized carbons (Fsp3) is 0.630. The lowest BCUT2D eigenvalue weighted by atomic mass is 9.67. The molecule has 5 rings (SSSR count). The number of benzene rings is 1. The normalized spacial score (nSPS) is 40.4. The van der Waals surface area contributed by atoms with Crippen LogP contribution in [0.2, 0.25) is 0 Å². The van der Waals surface area contributed by atoms with Gasteiger partial charge in [-0.1, -0.05) is 58.0 Å². The summed E-state index contributed by atoms with van der Waals surface area (Å²) < 4.78 is 0. The van der Waals surface area contributed by atoms with Gasteiger partial charge in [-0.15, -0.1) is 0 Å². The zero-order chi connectivity index (χ0) is 20.8. The van der Waals surface area contributed by atoms with Crippen LogP contribution in [0.4, 0.5) is 0 Å². The van der Waals surface area contributed by atoms with Crippen LogP contribution in [0.25, 0.3) is 12.2 Å². The van der Waals surface area contributed by atoms with Gasteiger partial charge in [0, 0.05) is 12.8 Å². The summed E-state index contributed by atoms with van der Waals surface area (Å²) in [6, 6.07) is 6.41. The third-order valence-electron chi connectivity index (χ3n) is 10.1. The molecule has 4 saturated carbocycles. The number of Topliss-reactive ketones (excluding diaryl/α,β-unsaturated/α-hetero) is 2. The lowest BCUT2D eigenvalue weighted by molar-refractivity contribution is -0.126. The Labute approximate surface area is 174 Å². The van der Waals surface area contributed by atoms with Gasteiger partial charge in [0.2, 0.25) is 0 Å². The average Bonchev–Trinajstić information content (AvgIpc) is 3.18. The highest BCUT2D eigenvalue weighted by atomic mass is 16.1. The maximum absolute atomic E-state index is 13.1. The fourth-order valence-corrected chi connectivity index (χ4v) is 7.64. The Hall–Kier alpha value is -1.70. The van der Waals surface area contributed by atoms with Crippen LogP contribution in [0.3, 0.4) is 0 Å². The second kappa shape index (κ2) is 5.71. The highest BCUT2D eigenvalue weighted by molar-refractivity contribution is 5.96. The largest absolute Gasteiger partial charge is 0.299 e. The molecule has 0 N–H and O–H groups in total. The number of fused-ring (bicyclic) bond motifs is 4. The zero-order valence-electron chi connectivity index (χ0n) is 18.6. The first-order chi connectivity index (χ1) is 13.6. The molecule has 2 nitrogen and oxygen atoms in total. The lowest BCUT2D eigenvalue weighted by Crippen LogP contribution is -2.41. The molecule has 1 aromatic carbocycles. The highest BCUT2D eigenvalue weighted by Gasteiger charge is 2.64. The molecule has 0 amide bonds. The highest BCUT2D eigenvalue weighted by Crippen LogP contribution is 2.65. The van der Waals surface area contributed by atoms with Gasteiger partial charge in [-0.05, 0) is 71.3 Å². The van der Waals surface area contributed by atoms with Crippen molar-refractivity contribution >= 4 is 23.7 Å². The third kappa shape index (κ3) is 2.19. The van der Waals surface area contributed by atoms with Gasteiger partial charge < -0.3 is 0 Å². The van der Waals surface area contributed by atoms with Gasteiger partial charge in [-0.25, -0.2) is 0 Å². The molecule has 4 fully saturated rings. The summed E-state index contributed by atoms with van der Waals surface area (Å²) in [7, 11) is 0. The molecule has 1 aromatic rings. The number of carbonyl (C=O) groups excluding carboxylic acids is 2. The van der Waals surface area contributed by atoms with E-state index in [2.05, 4.69) is 65.0 Å². The molecule has 4 unspecified atom stereocenters. The summed E-state index contributed by atoms with van der Waals surface area (Å²) in [5.41, 5.74) is 0.547. The molecule has 4 aliphatic carbocycles. The smallest absolute Gasteiger partial charge is 0.143 e. The fourth-order valence-electron chi connectivity index (χ4n) is 7.64. The van der Waals surface area contributed by atoms with E-state index in [0.717, 1.165) is 43.7 Å². The second-order valence-corrected chi connectivity index (χ2v) is 11.5. The van der Waals surface area contributed by atoms with Crippen LogP contribution in [0.15, 0.2) is 18.2 Å². The number of hydrogen-bond acceptors (Lipinski definition) is 2. The van der Waals surface area contributed by atoms with Crippen molar-refractivity contribution in [3.05, 3.63) is 34.2 Å². The molecular formula is C27H34O2. The van der Waals surface area contributed by atoms with Crippen molar-refractivity contribution in [2.75, 3.05) is 0 Å². The van der Waals surface area contributed by atoms with Crippen molar-refractivity contribution in [3.63, 3.8) is 0 Å². The molecule has 0 saturated heterocycles. The van der Waals surface area contributed by atoms with Gasteiger partial charge in [0.15, 0.2) is 0 Å². The van der Waals surface area contributed by atoms with Crippen molar-refractivity contribution in [1.29, 1.82) is 0 Å². The molecule has 0 aromatic heterocycles. The molecule has 29 heavy (non-hydrogen) atoms. The maximum Gasteiger partial charge on any atom is 0.143 e. The first-order valence-corrected chi connectivity index (χ1v) is 11.4. The summed E-state index contributed by atoms with van der Waals surface area (Å²) in [5.74, 6) is 1.85. The summed E-state index contributed by atoms with van der Waals surface area (Å²) in [6.45, 7) is 11.3. The molecule has 2 heteroatoms. The van der Waals surface area contributed by atoms with Gasteiger partial charge in [-0.2, -0.15) is 0 Å². The van der Waals surface area contributed by atoms with Gasteiger partial charge in [0.05, 0.1) is 10.8 Å². The Bertz CT molecular complexity index is 1040. The van der Waals surface area contributed by atoms with Gasteiger partial charge >= 0.3 is 0 Å². The van der Waals surface area contributed by atoms with Crippen LogP contribution in [-0.4, -0.2) is 11.6 Å². The molecule has 154 valence electrons. The molecule has 0 heterocycles. The number of carbonyl (C=O) groups is 2. The van der Waals surface area contributed by atoms with Crippen LogP contribution >= 0.6 is 0 Å². The predicted octanol–water partition coefficient (Wildman–Crippen LogP) is 4.35. The van der Waals surface area contributed by atoms with Crippen LogP contribution in [-0.2, 0) is 9.59 Å². The minimum absolute atomic E-state index is 0.0167. The number of hydrogen-bond donors (Lipinski definition) is 0. The second-order valence-electron chi connectivity index (χ2n) is 11.5. The van der Waals surface area contributed by atoms with Crippen LogP contribution in [0.5, 0.6) is 0 Å². The minimum Gasteiger partial charge on any atom is -0.299 e. The van der Waals surface area contributed by atoms with E-state index in [0.29, 0.717) is 23.4 Å². The summed E-state index contributed by atoms with van der Waals surface area (Å²) in [4.78, 5) is 26.2. The molecule has 4 aliphatic rings. The summed E-state index contributed by atoms with van der Waals surface area (Å²) >= 11 is 0.